The van der Waals surface area contributed by atoms with Crippen molar-refractivity contribution in [3.05, 3.63) is 175 Å². The highest BCUT2D eigenvalue weighted by Crippen LogP contribution is 2.39. The molecule has 2 aromatic heterocycles. The van der Waals surface area contributed by atoms with E-state index >= 15 is 0 Å². The highest BCUT2D eigenvalue weighted by atomic mass is 16.3. The molecular formula is C43H29NO. The normalized spacial score (nSPS) is 11.6. The Labute approximate surface area is 261 Å². The van der Waals surface area contributed by atoms with Crippen LogP contribution in [0.5, 0.6) is 0 Å². The Balaban J connectivity index is 1.07. The van der Waals surface area contributed by atoms with Gasteiger partial charge in [0.1, 0.15) is 5.58 Å². The molecular weight excluding hydrogens is 546 g/mol. The molecule has 2 heteroatoms. The van der Waals surface area contributed by atoms with Crippen LogP contribution < -0.4 is 0 Å². The zero-order valence-corrected chi connectivity index (χ0v) is 24.7. The molecule has 0 radical (unpaired) electrons. The van der Waals surface area contributed by atoms with Crippen LogP contribution in [0.4, 0.5) is 0 Å². The number of para-hydroxylation sites is 3. The van der Waals surface area contributed by atoms with Crippen molar-refractivity contribution in [2.75, 3.05) is 0 Å². The first-order valence-corrected chi connectivity index (χ1v) is 15.5. The highest BCUT2D eigenvalue weighted by molar-refractivity contribution is 6.13. The summed E-state index contributed by atoms with van der Waals surface area (Å²) in [5.74, 6) is 0. The first-order chi connectivity index (χ1) is 22.3. The molecule has 45 heavy (non-hydrogen) atoms. The largest absolute Gasteiger partial charge is 0.454 e. The predicted octanol–water partition coefficient (Wildman–Crippen LogP) is 11.6. The lowest BCUT2D eigenvalue weighted by Crippen LogP contribution is -1.93. The quantitative estimate of drug-likeness (QED) is 0.200. The molecule has 0 amide bonds. The monoisotopic (exact) mass is 575 g/mol. The van der Waals surface area contributed by atoms with E-state index in [9.17, 15) is 0 Å². The Morgan fingerprint density at radius 3 is 1.78 bits per heavy atom. The summed E-state index contributed by atoms with van der Waals surface area (Å²) in [6.45, 7) is 0. The first-order valence-electron chi connectivity index (χ1n) is 15.5. The van der Waals surface area contributed by atoms with E-state index in [4.69, 9.17) is 4.42 Å². The van der Waals surface area contributed by atoms with Gasteiger partial charge in [-0.15, -0.1) is 0 Å². The van der Waals surface area contributed by atoms with E-state index in [1.54, 1.807) is 0 Å². The van der Waals surface area contributed by atoms with Crippen LogP contribution in [0.15, 0.2) is 168 Å². The lowest BCUT2D eigenvalue weighted by molar-refractivity contribution is 0.666. The first kappa shape index (κ1) is 25.6. The molecule has 0 aliphatic carbocycles. The number of fused-ring (bicyclic) bond motifs is 6. The van der Waals surface area contributed by atoms with Gasteiger partial charge in [0.2, 0.25) is 0 Å². The van der Waals surface area contributed by atoms with Gasteiger partial charge in [-0.2, -0.15) is 0 Å². The number of hydrogen-bond acceptors (Lipinski definition) is 1. The average molecular weight is 576 g/mol. The standard InChI is InChI=1S/C43H29NO/c1-2-11-31(12-3-1)33-13-8-10-30(27-33)26-29-20-22-32(23-21-29)34-24-25-42-38(28-34)37-16-9-19-41(43(37)45-42)44-39-17-6-4-14-35(39)36-15-5-7-18-40(36)44/h1-25,27-28H,26H2. The van der Waals surface area contributed by atoms with Crippen LogP contribution in [0.3, 0.4) is 0 Å². The van der Waals surface area contributed by atoms with Crippen molar-refractivity contribution in [1.82, 2.24) is 4.57 Å². The van der Waals surface area contributed by atoms with E-state index in [1.165, 1.54) is 55.2 Å². The Kier molecular flexibility index (Phi) is 5.92. The van der Waals surface area contributed by atoms with Gasteiger partial charge in [-0.3, -0.25) is 0 Å². The van der Waals surface area contributed by atoms with Crippen LogP contribution in [0.1, 0.15) is 11.1 Å². The Morgan fingerprint density at radius 2 is 1.00 bits per heavy atom. The van der Waals surface area contributed by atoms with Crippen LogP contribution in [-0.4, -0.2) is 4.57 Å². The van der Waals surface area contributed by atoms with Crippen LogP contribution in [0, 0.1) is 0 Å². The molecule has 9 rings (SSSR count). The Bertz CT molecular complexity index is 2440. The van der Waals surface area contributed by atoms with Crippen LogP contribution in [0.25, 0.3) is 71.7 Å². The predicted molar refractivity (Wildman–Crippen MR) is 188 cm³/mol. The van der Waals surface area contributed by atoms with E-state index in [0.717, 1.165) is 34.0 Å². The van der Waals surface area contributed by atoms with E-state index < -0.39 is 0 Å². The summed E-state index contributed by atoms with van der Waals surface area (Å²) in [4.78, 5) is 0. The van der Waals surface area contributed by atoms with Crippen LogP contribution >= 0.6 is 0 Å². The maximum atomic E-state index is 6.60. The second-order valence-electron chi connectivity index (χ2n) is 11.8. The minimum absolute atomic E-state index is 0.900. The number of benzene rings is 7. The van der Waals surface area contributed by atoms with Gasteiger partial charge in [-0.05, 0) is 70.1 Å². The smallest absolute Gasteiger partial charge is 0.159 e. The molecule has 0 aliphatic rings. The molecule has 0 N–H and O–H groups in total. The molecule has 0 bridgehead atoms. The van der Waals surface area contributed by atoms with Crippen LogP contribution in [-0.2, 0) is 6.42 Å². The highest BCUT2D eigenvalue weighted by Gasteiger charge is 2.17. The van der Waals surface area contributed by atoms with Gasteiger partial charge in [-0.1, -0.05) is 133 Å². The molecule has 7 aromatic carbocycles. The molecule has 0 saturated carbocycles. The lowest BCUT2D eigenvalue weighted by atomic mass is 9.97. The van der Waals surface area contributed by atoms with Crippen molar-refractivity contribution in [2.24, 2.45) is 0 Å². The molecule has 0 atom stereocenters. The molecule has 212 valence electrons. The van der Waals surface area contributed by atoms with Crippen molar-refractivity contribution in [1.29, 1.82) is 0 Å². The minimum Gasteiger partial charge on any atom is -0.454 e. The van der Waals surface area contributed by atoms with Crippen molar-refractivity contribution >= 4 is 43.7 Å². The SMILES string of the molecule is c1ccc(-c2cccc(Cc3ccc(-c4ccc5oc6c(-n7c8ccccc8c8ccccc87)cccc6c5c4)cc3)c2)cc1. The van der Waals surface area contributed by atoms with Gasteiger partial charge in [0, 0.05) is 21.5 Å². The third-order valence-electron chi connectivity index (χ3n) is 9.03. The van der Waals surface area contributed by atoms with E-state index in [1.807, 2.05) is 0 Å². The van der Waals surface area contributed by atoms with Crippen LogP contribution in [0.2, 0.25) is 0 Å². The third kappa shape index (κ3) is 4.34. The molecule has 0 saturated heterocycles. The molecule has 0 fully saturated rings. The zero-order chi connectivity index (χ0) is 29.7. The molecule has 2 heterocycles. The number of aromatic nitrogens is 1. The topological polar surface area (TPSA) is 18.1 Å². The van der Waals surface area contributed by atoms with Gasteiger partial charge in [0.05, 0.1) is 16.7 Å². The number of furan rings is 1. The maximum absolute atomic E-state index is 6.60. The summed E-state index contributed by atoms with van der Waals surface area (Å²) in [6, 6.07) is 58.7. The fourth-order valence-corrected chi connectivity index (χ4v) is 6.86. The van der Waals surface area contributed by atoms with Crippen molar-refractivity contribution in [3.8, 4) is 27.9 Å². The minimum atomic E-state index is 0.900. The summed E-state index contributed by atoms with van der Waals surface area (Å²) < 4.78 is 8.94. The molecule has 2 nitrogen and oxygen atoms in total. The fourth-order valence-electron chi connectivity index (χ4n) is 6.86. The molecule has 0 spiro atoms. The average Bonchev–Trinajstić information content (AvgIpc) is 3.65. The van der Waals surface area contributed by atoms with E-state index in [-0.39, 0.29) is 0 Å². The van der Waals surface area contributed by atoms with Crippen molar-refractivity contribution < 1.29 is 4.42 Å². The van der Waals surface area contributed by atoms with Crippen molar-refractivity contribution in [3.63, 3.8) is 0 Å². The summed E-state index contributed by atoms with van der Waals surface area (Å²) in [5, 5.41) is 4.75. The summed E-state index contributed by atoms with van der Waals surface area (Å²) in [6.07, 6.45) is 0.901. The number of hydrogen-bond donors (Lipinski definition) is 0. The second-order valence-corrected chi connectivity index (χ2v) is 11.8. The lowest BCUT2D eigenvalue weighted by Gasteiger charge is -2.08. The Hall–Kier alpha value is -5.86. The summed E-state index contributed by atoms with van der Waals surface area (Å²) in [5.41, 5.74) is 12.7. The van der Waals surface area contributed by atoms with E-state index in [0.29, 0.717) is 0 Å². The van der Waals surface area contributed by atoms with Gasteiger partial charge in [0.25, 0.3) is 0 Å². The number of nitrogens with zero attached hydrogens (tertiary/aromatic N) is 1. The summed E-state index contributed by atoms with van der Waals surface area (Å²) in [7, 11) is 0. The Morgan fingerprint density at radius 1 is 0.400 bits per heavy atom. The second kappa shape index (κ2) is 10.4. The number of rotatable bonds is 5. The molecule has 9 aromatic rings. The summed E-state index contributed by atoms with van der Waals surface area (Å²) >= 11 is 0. The maximum Gasteiger partial charge on any atom is 0.159 e. The zero-order valence-electron chi connectivity index (χ0n) is 24.7. The molecule has 0 unspecified atom stereocenters. The molecule has 0 aliphatic heterocycles. The van der Waals surface area contributed by atoms with Gasteiger partial charge >= 0.3 is 0 Å². The fraction of sp³-hybridized carbons (Fsp3) is 0.0233. The van der Waals surface area contributed by atoms with Crippen molar-refractivity contribution in [2.45, 2.75) is 6.42 Å². The van der Waals surface area contributed by atoms with Gasteiger partial charge in [0.15, 0.2) is 5.58 Å². The van der Waals surface area contributed by atoms with Gasteiger partial charge < -0.3 is 8.98 Å². The van der Waals surface area contributed by atoms with Gasteiger partial charge in [-0.25, -0.2) is 0 Å². The third-order valence-corrected chi connectivity index (χ3v) is 9.03. The van der Waals surface area contributed by atoms with E-state index in [2.05, 4.69) is 168 Å².